The summed E-state index contributed by atoms with van der Waals surface area (Å²) in [6.45, 7) is -0.0557. The molecular weight excluding hydrogens is 268 g/mol. The summed E-state index contributed by atoms with van der Waals surface area (Å²) in [6.07, 6.45) is -7.28. The van der Waals surface area contributed by atoms with Gasteiger partial charge in [0, 0.05) is 0 Å². The first-order valence-corrected chi connectivity index (χ1v) is 5.85. The zero-order valence-corrected chi connectivity index (χ0v) is 10.5. The molecule has 0 unspecified atom stereocenters. The monoisotopic (exact) mass is 284 g/mol. The Hall–Kier alpha value is -1.80. The molecule has 7 nitrogen and oxygen atoms in total. The van der Waals surface area contributed by atoms with E-state index < -0.39 is 30.4 Å². The number of aldehydes is 1. The predicted molar refractivity (Wildman–Crippen MR) is 66.7 cm³/mol. The van der Waals surface area contributed by atoms with E-state index in [0.717, 1.165) is 0 Å². The van der Waals surface area contributed by atoms with E-state index in [4.69, 9.17) is 9.84 Å². The quantitative estimate of drug-likeness (QED) is 0.448. The van der Waals surface area contributed by atoms with Crippen molar-refractivity contribution in [3.05, 3.63) is 35.9 Å². The van der Waals surface area contributed by atoms with E-state index in [0.29, 0.717) is 5.56 Å². The van der Waals surface area contributed by atoms with Crippen LogP contribution in [0.2, 0.25) is 0 Å². The Morgan fingerprint density at radius 2 is 1.80 bits per heavy atom. The maximum atomic E-state index is 10.6. The fourth-order valence-corrected chi connectivity index (χ4v) is 1.57. The van der Waals surface area contributed by atoms with E-state index in [9.17, 15) is 24.9 Å². The molecule has 0 bridgehead atoms. The Labute approximate surface area is 115 Å². The highest BCUT2D eigenvalue weighted by Crippen LogP contribution is 2.12. The average Bonchev–Trinajstić information content (AvgIpc) is 2.46. The third-order valence-electron chi connectivity index (χ3n) is 2.67. The van der Waals surface area contributed by atoms with Crippen LogP contribution in [-0.4, -0.2) is 57.1 Å². The number of ether oxygens (including phenoxy) is 1. The standard InChI is InChI=1S/C13H16O7/c14-6-9(15)12(10(16)11(17)13(18)19)20-7-8-4-2-1-3-5-8/h1-6,9-12,15-17H,7H2,(H,18,19)/t9-,10+,11+,12+/m0/s1. The Morgan fingerprint density at radius 3 is 2.30 bits per heavy atom. The second-order valence-electron chi connectivity index (χ2n) is 4.16. The van der Waals surface area contributed by atoms with Gasteiger partial charge in [-0.15, -0.1) is 0 Å². The smallest absolute Gasteiger partial charge is 0.335 e. The highest BCUT2D eigenvalue weighted by Gasteiger charge is 2.36. The first kappa shape index (κ1) is 16.3. The molecule has 0 radical (unpaired) electrons. The molecule has 110 valence electrons. The minimum atomic E-state index is -2.16. The maximum absolute atomic E-state index is 10.6. The predicted octanol–water partition coefficient (Wildman–Crippen LogP) is -1.06. The van der Waals surface area contributed by atoms with Gasteiger partial charge in [-0.1, -0.05) is 30.3 Å². The number of hydrogen-bond donors (Lipinski definition) is 4. The zero-order chi connectivity index (χ0) is 15.1. The third kappa shape index (κ3) is 4.39. The number of carbonyl (C=O) groups is 2. The van der Waals surface area contributed by atoms with Gasteiger partial charge in [-0.05, 0) is 5.56 Å². The molecule has 0 spiro atoms. The van der Waals surface area contributed by atoms with Crippen LogP contribution in [0, 0.1) is 0 Å². The van der Waals surface area contributed by atoms with E-state index in [-0.39, 0.29) is 12.9 Å². The van der Waals surface area contributed by atoms with Crippen LogP contribution in [0.15, 0.2) is 30.3 Å². The van der Waals surface area contributed by atoms with E-state index in [1.807, 2.05) is 0 Å². The number of aliphatic carboxylic acids is 1. The van der Waals surface area contributed by atoms with Gasteiger partial charge in [0.05, 0.1) is 6.61 Å². The van der Waals surface area contributed by atoms with Gasteiger partial charge in [0.2, 0.25) is 0 Å². The van der Waals surface area contributed by atoms with Crippen molar-refractivity contribution in [1.29, 1.82) is 0 Å². The average molecular weight is 284 g/mol. The van der Waals surface area contributed by atoms with Crippen molar-refractivity contribution in [3.63, 3.8) is 0 Å². The van der Waals surface area contributed by atoms with Gasteiger partial charge >= 0.3 is 5.97 Å². The highest BCUT2D eigenvalue weighted by molar-refractivity contribution is 5.73. The van der Waals surface area contributed by atoms with Crippen molar-refractivity contribution in [2.45, 2.75) is 31.0 Å². The van der Waals surface area contributed by atoms with Gasteiger partial charge in [-0.3, -0.25) is 0 Å². The van der Waals surface area contributed by atoms with Gasteiger partial charge in [0.1, 0.15) is 18.3 Å². The van der Waals surface area contributed by atoms with E-state index in [1.54, 1.807) is 30.3 Å². The molecule has 1 aromatic carbocycles. The number of aliphatic hydroxyl groups is 3. The molecule has 0 fully saturated rings. The molecule has 0 amide bonds. The van der Waals surface area contributed by atoms with Crippen LogP contribution in [0.4, 0.5) is 0 Å². The van der Waals surface area contributed by atoms with Crippen LogP contribution in [0.3, 0.4) is 0 Å². The molecule has 0 aliphatic carbocycles. The van der Waals surface area contributed by atoms with Crippen molar-refractivity contribution >= 4 is 12.3 Å². The number of benzene rings is 1. The lowest BCUT2D eigenvalue weighted by molar-refractivity contribution is -0.171. The molecule has 0 aliphatic rings. The lowest BCUT2D eigenvalue weighted by Gasteiger charge is -2.26. The number of carbonyl (C=O) groups excluding carboxylic acids is 1. The minimum Gasteiger partial charge on any atom is -0.479 e. The summed E-state index contributed by atoms with van der Waals surface area (Å²) in [7, 11) is 0. The summed E-state index contributed by atoms with van der Waals surface area (Å²) < 4.78 is 5.16. The van der Waals surface area contributed by atoms with Gasteiger partial charge < -0.3 is 30.0 Å². The van der Waals surface area contributed by atoms with Crippen LogP contribution in [0.1, 0.15) is 5.56 Å². The Bertz CT molecular complexity index is 434. The molecule has 0 saturated carbocycles. The summed E-state index contributed by atoms with van der Waals surface area (Å²) in [5.74, 6) is -1.68. The first-order valence-electron chi connectivity index (χ1n) is 5.85. The van der Waals surface area contributed by atoms with Crippen molar-refractivity contribution in [2.75, 3.05) is 0 Å². The zero-order valence-electron chi connectivity index (χ0n) is 10.5. The summed E-state index contributed by atoms with van der Waals surface area (Å²) in [5, 5.41) is 36.9. The molecule has 4 atom stereocenters. The molecule has 7 heteroatoms. The lowest BCUT2D eigenvalue weighted by Crippen LogP contribution is -2.49. The Balaban J connectivity index is 2.74. The largest absolute Gasteiger partial charge is 0.479 e. The van der Waals surface area contributed by atoms with E-state index in [1.165, 1.54) is 0 Å². The van der Waals surface area contributed by atoms with Gasteiger partial charge in [0.15, 0.2) is 12.4 Å². The SMILES string of the molecule is O=C[C@H](O)[C@@H](OCc1ccccc1)[C@H](O)[C@@H](O)C(=O)O. The second-order valence-corrected chi connectivity index (χ2v) is 4.16. The van der Waals surface area contributed by atoms with Gasteiger partial charge in [-0.2, -0.15) is 0 Å². The summed E-state index contributed by atoms with van der Waals surface area (Å²) >= 11 is 0. The van der Waals surface area contributed by atoms with Crippen molar-refractivity contribution in [1.82, 2.24) is 0 Å². The number of rotatable bonds is 8. The van der Waals surface area contributed by atoms with Gasteiger partial charge in [0.25, 0.3) is 0 Å². The van der Waals surface area contributed by atoms with Crippen LogP contribution in [-0.2, 0) is 20.9 Å². The molecule has 20 heavy (non-hydrogen) atoms. The molecule has 0 heterocycles. The summed E-state index contributed by atoms with van der Waals surface area (Å²) in [5.41, 5.74) is 0.701. The Kier molecular flexibility index (Phi) is 6.26. The molecule has 1 rings (SSSR count). The lowest BCUT2D eigenvalue weighted by atomic mass is 10.0. The normalized spacial score (nSPS) is 16.9. The number of carboxylic acids is 1. The molecule has 1 aromatic rings. The van der Waals surface area contributed by atoms with Crippen LogP contribution in [0.25, 0.3) is 0 Å². The third-order valence-corrected chi connectivity index (χ3v) is 2.67. The minimum absolute atomic E-state index is 0.0557. The number of aliphatic hydroxyl groups excluding tert-OH is 3. The highest BCUT2D eigenvalue weighted by atomic mass is 16.5. The Morgan fingerprint density at radius 1 is 1.20 bits per heavy atom. The number of carboxylic acid groups (broad SMARTS) is 1. The molecular formula is C13H16O7. The van der Waals surface area contributed by atoms with Crippen LogP contribution in [0.5, 0.6) is 0 Å². The molecule has 4 N–H and O–H groups in total. The summed E-state index contributed by atoms with van der Waals surface area (Å²) in [6, 6.07) is 8.69. The molecule has 0 aromatic heterocycles. The maximum Gasteiger partial charge on any atom is 0.335 e. The van der Waals surface area contributed by atoms with Crippen molar-refractivity contribution < 1.29 is 34.8 Å². The fraction of sp³-hybridized carbons (Fsp3) is 0.385. The summed E-state index contributed by atoms with van der Waals surface area (Å²) in [4.78, 5) is 21.2. The van der Waals surface area contributed by atoms with E-state index in [2.05, 4.69) is 0 Å². The fourth-order valence-electron chi connectivity index (χ4n) is 1.57. The molecule has 0 saturated heterocycles. The second kappa shape index (κ2) is 7.71. The van der Waals surface area contributed by atoms with Crippen LogP contribution >= 0.6 is 0 Å². The number of hydrogen-bond acceptors (Lipinski definition) is 6. The van der Waals surface area contributed by atoms with Crippen molar-refractivity contribution in [3.8, 4) is 0 Å². The first-order chi connectivity index (χ1) is 9.47. The topological polar surface area (TPSA) is 124 Å². The van der Waals surface area contributed by atoms with Crippen LogP contribution < -0.4 is 0 Å². The van der Waals surface area contributed by atoms with Crippen molar-refractivity contribution in [2.24, 2.45) is 0 Å². The molecule has 0 aliphatic heterocycles. The van der Waals surface area contributed by atoms with Gasteiger partial charge in [-0.25, -0.2) is 4.79 Å². The van der Waals surface area contributed by atoms with E-state index >= 15 is 0 Å².